The molecule has 0 aliphatic heterocycles. The first-order chi connectivity index (χ1) is 9.47. The highest BCUT2D eigenvalue weighted by molar-refractivity contribution is 5.55. The molecule has 20 heavy (non-hydrogen) atoms. The predicted octanol–water partition coefficient (Wildman–Crippen LogP) is 3.04. The highest BCUT2D eigenvalue weighted by atomic mass is 19.1. The molecule has 0 aliphatic rings. The van der Waals surface area contributed by atoms with Crippen LogP contribution in [0.4, 0.5) is 10.1 Å². The SMILES string of the molecule is COCC(C)N(C)c1c(F)cccc1CNCC(C)C. The Morgan fingerprint density at radius 2 is 2.00 bits per heavy atom. The van der Waals surface area contributed by atoms with Crippen LogP contribution in [-0.2, 0) is 11.3 Å². The van der Waals surface area contributed by atoms with E-state index in [0.29, 0.717) is 24.8 Å². The summed E-state index contributed by atoms with van der Waals surface area (Å²) in [6.45, 7) is 8.52. The van der Waals surface area contributed by atoms with E-state index in [1.807, 2.05) is 24.9 Å². The summed E-state index contributed by atoms with van der Waals surface area (Å²) in [6.07, 6.45) is 0. The molecule has 4 heteroatoms. The number of ether oxygens (including phenoxy) is 1. The summed E-state index contributed by atoms with van der Waals surface area (Å²) < 4.78 is 19.3. The molecule has 0 heterocycles. The van der Waals surface area contributed by atoms with Gasteiger partial charge in [0, 0.05) is 26.7 Å². The van der Waals surface area contributed by atoms with Crippen molar-refractivity contribution in [3.8, 4) is 0 Å². The molecule has 1 rings (SSSR count). The number of hydrogen-bond acceptors (Lipinski definition) is 3. The summed E-state index contributed by atoms with van der Waals surface area (Å²) in [5.41, 5.74) is 1.64. The average Bonchev–Trinajstić information content (AvgIpc) is 2.38. The van der Waals surface area contributed by atoms with Gasteiger partial charge in [0.25, 0.3) is 0 Å². The first kappa shape index (κ1) is 16.9. The van der Waals surface area contributed by atoms with Crippen LogP contribution in [0.1, 0.15) is 26.3 Å². The highest BCUT2D eigenvalue weighted by Crippen LogP contribution is 2.25. The molecule has 0 saturated carbocycles. The highest BCUT2D eigenvalue weighted by Gasteiger charge is 2.17. The van der Waals surface area contributed by atoms with E-state index in [1.54, 1.807) is 13.2 Å². The number of anilines is 1. The number of para-hydroxylation sites is 1. The van der Waals surface area contributed by atoms with Crippen molar-refractivity contribution >= 4 is 5.69 Å². The van der Waals surface area contributed by atoms with Crippen molar-refractivity contribution in [2.24, 2.45) is 5.92 Å². The Kier molecular flexibility index (Phi) is 6.96. The standard InChI is InChI=1S/C16H27FN2O/c1-12(2)9-18-10-14-7-6-8-15(17)16(14)19(4)13(3)11-20-5/h6-8,12-13,18H,9-11H2,1-5H3. The van der Waals surface area contributed by atoms with Crippen molar-refractivity contribution in [3.63, 3.8) is 0 Å². The summed E-state index contributed by atoms with van der Waals surface area (Å²) in [5, 5.41) is 3.37. The smallest absolute Gasteiger partial charge is 0.146 e. The van der Waals surface area contributed by atoms with Crippen molar-refractivity contribution in [3.05, 3.63) is 29.6 Å². The fraction of sp³-hybridized carbons (Fsp3) is 0.625. The van der Waals surface area contributed by atoms with E-state index in [2.05, 4.69) is 19.2 Å². The maximum Gasteiger partial charge on any atom is 0.146 e. The lowest BCUT2D eigenvalue weighted by molar-refractivity contribution is 0.183. The minimum atomic E-state index is -0.181. The van der Waals surface area contributed by atoms with Crippen molar-refractivity contribution in [2.45, 2.75) is 33.4 Å². The van der Waals surface area contributed by atoms with Gasteiger partial charge < -0.3 is 15.0 Å². The summed E-state index contributed by atoms with van der Waals surface area (Å²) in [7, 11) is 3.57. The molecule has 0 spiro atoms. The van der Waals surface area contributed by atoms with Gasteiger partial charge in [-0.3, -0.25) is 0 Å². The maximum absolute atomic E-state index is 14.2. The van der Waals surface area contributed by atoms with E-state index >= 15 is 0 Å². The zero-order chi connectivity index (χ0) is 15.1. The van der Waals surface area contributed by atoms with Gasteiger partial charge in [0.1, 0.15) is 5.82 Å². The number of methoxy groups -OCH3 is 1. The molecule has 114 valence electrons. The lowest BCUT2D eigenvalue weighted by atomic mass is 10.1. The van der Waals surface area contributed by atoms with Crippen LogP contribution >= 0.6 is 0 Å². The molecule has 0 bridgehead atoms. The zero-order valence-electron chi connectivity index (χ0n) is 13.2. The fourth-order valence-electron chi connectivity index (χ4n) is 2.17. The Labute approximate surface area is 122 Å². The third-order valence-corrected chi connectivity index (χ3v) is 3.36. The van der Waals surface area contributed by atoms with Crippen LogP contribution in [0.3, 0.4) is 0 Å². The molecule has 0 fully saturated rings. The van der Waals surface area contributed by atoms with E-state index < -0.39 is 0 Å². The minimum Gasteiger partial charge on any atom is -0.383 e. The lowest BCUT2D eigenvalue weighted by Gasteiger charge is -2.29. The van der Waals surface area contributed by atoms with Gasteiger partial charge in [-0.05, 0) is 31.0 Å². The van der Waals surface area contributed by atoms with E-state index in [1.165, 1.54) is 6.07 Å². The van der Waals surface area contributed by atoms with Gasteiger partial charge in [0.15, 0.2) is 0 Å². The summed E-state index contributed by atoms with van der Waals surface area (Å²) in [5.74, 6) is 0.399. The molecule has 1 unspecified atom stereocenters. The van der Waals surface area contributed by atoms with Crippen molar-refractivity contribution in [2.75, 3.05) is 32.2 Å². The third-order valence-electron chi connectivity index (χ3n) is 3.36. The second-order valence-electron chi connectivity index (χ2n) is 5.69. The summed E-state index contributed by atoms with van der Waals surface area (Å²) in [4.78, 5) is 1.95. The Balaban J connectivity index is 2.87. The molecular weight excluding hydrogens is 255 g/mol. The minimum absolute atomic E-state index is 0.126. The molecule has 0 amide bonds. The lowest BCUT2D eigenvalue weighted by Crippen LogP contribution is -2.34. The van der Waals surface area contributed by atoms with Gasteiger partial charge in [0.2, 0.25) is 0 Å². The van der Waals surface area contributed by atoms with Gasteiger partial charge in [0.05, 0.1) is 12.3 Å². The average molecular weight is 282 g/mol. The number of likely N-dealkylation sites (N-methyl/N-ethyl adjacent to an activating group) is 1. The molecule has 1 aromatic carbocycles. The number of hydrogen-bond donors (Lipinski definition) is 1. The quantitative estimate of drug-likeness (QED) is 0.793. The summed E-state index contributed by atoms with van der Waals surface area (Å²) >= 11 is 0. The third kappa shape index (κ3) is 4.76. The van der Waals surface area contributed by atoms with Crippen LogP contribution in [0, 0.1) is 11.7 Å². The van der Waals surface area contributed by atoms with Gasteiger partial charge >= 0.3 is 0 Å². The molecule has 3 nitrogen and oxygen atoms in total. The first-order valence-corrected chi connectivity index (χ1v) is 7.17. The van der Waals surface area contributed by atoms with Gasteiger partial charge in [-0.25, -0.2) is 4.39 Å². The van der Waals surface area contributed by atoms with Crippen LogP contribution in [0.25, 0.3) is 0 Å². The van der Waals surface area contributed by atoms with E-state index in [9.17, 15) is 4.39 Å². The number of halogens is 1. The number of nitrogens with zero attached hydrogens (tertiary/aromatic N) is 1. The van der Waals surface area contributed by atoms with Crippen molar-refractivity contribution in [1.29, 1.82) is 0 Å². The molecule has 0 saturated heterocycles. The summed E-state index contributed by atoms with van der Waals surface area (Å²) in [6, 6.07) is 5.37. The monoisotopic (exact) mass is 282 g/mol. The topological polar surface area (TPSA) is 24.5 Å². The maximum atomic E-state index is 14.2. The Hall–Kier alpha value is -1.13. The molecule has 0 aromatic heterocycles. The van der Waals surface area contributed by atoms with E-state index in [-0.39, 0.29) is 11.9 Å². The largest absolute Gasteiger partial charge is 0.383 e. The molecule has 1 atom stereocenters. The van der Waals surface area contributed by atoms with Gasteiger partial charge in [-0.1, -0.05) is 26.0 Å². The Bertz CT molecular complexity index is 409. The van der Waals surface area contributed by atoms with Gasteiger partial charge in [-0.2, -0.15) is 0 Å². The van der Waals surface area contributed by atoms with Crippen LogP contribution in [-0.4, -0.2) is 33.4 Å². The molecular formula is C16H27FN2O. The first-order valence-electron chi connectivity index (χ1n) is 7.17. The zero-order valence-corrected chi connectivity index (χ0v) is 13.2. The predicted molar refractivity (Wildman–Crippen MR) is 82.7 cm³/mol. The molecule has 1 aromatic rings. The number of nitrogens with one attached hydrogen (secondary N) is 1. The van der Waals surface area contributed by atoms with Crippen LogP contribution in [0.2, 0.25) is 0 Å². The van der Waals surface area contributed by atoms with Gasteiger partial charge in [-0.15, -0.1) is 0 Å². The second-order valence-corrected chi connectivity index (χ2v) is 5.69. The normalized spacial score (nSPS) is 12.8. The fourth-order valence-corrected chi connectivity index (χ4v) is 2.17. The van der Waals surface area contributed by atoms with E-state index in [0.717, 1.165) is 12.1 Å². The molecule has 0 aliphatic carbocycles. The molecule has 1 N–H and O–H groups in total. The Morgan fingerprint density at radius 1 is 1.30 bits per heavy atom. The van der Waals surface area contributed by atoms with Crippen LogP contribution in [0.5, 0.6) is 0 Å². The second kappa shape index (κ2) is 8.22. The number of rotatable bonds is 8. The van der Waals surface area contributed by atoms with E-state index in [4.69, 9.17) is 4.74 Å². The van der Waals surface area contributed by atoms with Crippen LogP contribution in [0.15, 0.2) is 18.2 Å². The van der Waals surface area contributed by atoms with Crippen molar-refractivity contribution < 1.29 is 9.13 Å². The number of benzene rings is 1. The van der Waals surface area contributed by atoms with Crippen LogP contribution < -0.4 is 10.2 Å². The van der Waals surface area contributed by atoms with Crippen molar-refractivity contribution in [1.82, 2.24) is 5.32 Å². The Morgan fingerprint density at radius 3 is 2.60 bits per heavy atom. The molecule has 0 radical (unpaired) electrons.